The minimum absolute atomic E-state index is 0.116. The zero-order chi connectivity index (χ0) is 22.9. The maximum Gasteiger partial charge on any atom is 0.291 e. The Morgan fingerprint density at radius 1 is 0.969 bits per heavy atom. The normalized spacial score (nSPS) is 11.3. The number of fused-ring (bicyclic) bond motifs is 1. The molecule has 0 spiro atoms. The Kier molecular flexibility index (Phi) is 5.82. The fourth-order valence-electron chi connectivity index (χ4n) is 3.16. The monoisotopic (exact) mass is 470 g/mol. The molecule has 4 rings (SSSR count). The highest BCUT2D eigenvalue weighted by Crippen LogP contribution is 2.30. The first-order valence-electron chi connectivity index (χ1n) is 9.53. The van der Waals surface area contributed by atoms with Crippen LogP contribution in [0.3, 0.4) is 0 Å². The van der Waals surface area contributed by atoms with Crippen molar-refractivity contribution in [2.75, 3.05) is 17.1 Å². The van der Waals surface area contributed by atoms with E-state index in [1.54, 1.807) is 42.5 Å². The third-order valence-electron chi connectivity index (χ3n) is 4.70. The van der Waals surface area contributed by atoms with Crippen LogP contribution in [0, 0.1) is 6.92 Å². The van der Waals surface area contributed by atoms with E-state index >= 15 is 0 Å². The van der Waals surface area contributed by atoms with Crippen LogP contribution in [0.5, 0.6) is 5.75 Å². The van der Waals surface area contributed by atoms with Gasteiger partial charge in [0.05, 0.1) is 7.11 Å². The lowest BCUT2D eigenvalue weighted by atomic mass is 10.2. The first kappa shape index (κ1) is 21.7. The number of carbonyl (C=O) groups excluding carboxylic acids is 1. The number of amides is 1. The molecule has 0 atom stereocenters. The van der Waals surface area contributed by atoms with Gasteiger partial charge in [-0.3, -0.25) is 9.52 Å². The van der Waals surface area contributed by atoms with Crippen LogP contribution in [0.1, 0.15) is 16.1 Å². The van der Waals surface area contributed by atoms with Gasteiger partial charge in [-0.1, -0.05) is 23.2 Å². The van der Waals surface area contributed by atoms with Gasteiger partial charge in [-0.05, 0) is 67.6 Å². The van der Waals surface area contributed by atoms with Gasteiger partial charge in [0, 0.05) is 21.8 Å². The van der Waals surface area contributed by atoms with Gasteiger partial charge in [0.25, 0.3) is 15.9 Å². The molecule has 32 heavy (non-hydrogen) atoms. The largest absolute Gasteiger partial charge is 0.495 e. The average Bonchev–Trinajstić information content (AvgIpc) is 3.18. The van der Waals surface area contributed by atoms with Crippen molar-refractivity contribution in [1.82, 2.24) is 0 Å². The molecule has 0 bridgehead atoms. The van der Waals surface area contributed by atoms with Gasteiger partial charge in [-0.25, -0.2) is 8.42 Å². The average molecular weight is 471 g/mol. The quantitative estimate of drug-likeness (QED) is 0.390. The maximum atomic E-state index is 13.0. The zero-order valence-corrected chi connectivity index (χ0v) is 18.8. The van der Waals surface area contributed by atoms with E-state index in [4.69, 9.17) is 20.8 Å². The van der Waals surface area contributed by atoms with Crippen molar-refractivity contribution in [2.24, 2.45) is 0 Å². The molecule has 0 saturated carbocycles. The first-order valence-corrected chi connectivity index (χ1v) is 11.4. The van der Waals surface area contributed by atoms with E-state index in [-0.39, 0.29) is 22.1 Å². The third kappa shape index (κ3) is 4.56. The van der Waals surface area contributed by atoms with Crippen LogP contribution in [0.2, 0.25) is 5.02 Å². The molecular weight excluding hydrogens is 452 g/mol. The van der Waals surface area contributed by atoms with Crippen LogP contribution in [-0.2, 0) is 10.0 Å². The Labute approximate surface area is 190 Å². The summed E-state index contributed by atoms with van der Waals surface area (Å²) in [6.07, 6.45) is 0. The van der Waals surface area contributed by atoms with Gasteiger partial charge in [0.1, 0.15) is 16.2 Å². The van der Waals surface area contributed by atoms with Gasteiger partial charge >= 0.3 is 0 Å². The topological polar surface area (TPSA) is 97.6 Å². The van der Waals surface area contributed by atoms with Crippen molar-refractivity contribution in [3.8, 4) is 5.75 Å². The van der Waals surface area contributed by atoms with E-state index < -0.39 is 15.9 Å². The Morgan fingerprint density at radius 3 is 2.41 bits per heavy atom. The number of nitrogens with one attached hydrogen (secondary N) is 2. The predicted molar refractivity (Wildman–Crippen MR) is 124 cm³/mol. The van der Waals surface area contributed by atoms with Crippen molar-refractivity contribution >= 4 is 49.9 Å². The molecule has 0 aliphatic heterocycles. The number of carbonyl (C=O) groups is 1. The Balaban J connectivity index is 1.61. The summed E-state index contributed by atoms with van der Waals surface area (Å²) in [7, 11) is -2.64. The highest BCUT2D eigenvalue weighted by atomic mass is 35.5. The Hall–Kier alpha value is -3.49. The molecule has 7 nitrogen and oxygen atoms in total. The second kappa shape index (κ2) is 8.57. The number of aryl methyl sites for hydroxylation is 1. The molecular formula is C23H19ClN2O5S. The van der Waals surface area contributed by atoms with Crippen LogP contribution >= 0.6 is 11.6 Å². The lowest BCUT2D eigenvalue weighted by molar-refractivity contribution is 0.0998. The number of hydrogen-bond donors (Lipinski definition) is 2. The van der Waals surface area contributed by atoms with Crippen molar-refractivity contribution < 1.29 is 22.4 Å². The fraction of sp³-hybridized carbons (Fsp3) is 0.0870. The molecule has 0 unspecified atom stereocenters. The molecule has 0 fully saturated rings. The van der Waals surface area contributed by atoms with E-state index in [9.17, 15) is 13.2 Å². The van der Waals surface area contributed by atoms with Crippen LogP contribution in [0.4, 0.5) is 11.4 Å². The minimum atomic E-state index is -4.01. The van der Waals surface area contributed by atoms with E-state index in [0.717, 1.165) is 10.9 Å². The van der Waals surface area contributed by atoms with Crippen LogP contribution < -0.4 is 14.8 Å². The number of methoxy groups -OCH3 is 1. The van der Waals surface area contributed by atoms with Crippen molar-refractivity contribution in [3.63, 3.8) is 0 Å². The van der Waals surface area contributed by atoms with Crippen molar-refractivity contribution in [2.45, 2.75) is 11.8 Å². The Morgan fingerprint density at radius 2 is 1.69 bits per heavy atom. The molecule has 3 aromatic carbocycles. The summed E-state index contributed by atoms with van der Waals surface area (Å²) in [5.41, 5.74) is 2.24. The van der Waals surface area contributed by atoms with E-state index in [0.29, 0.717) is 16.3 Å². The third-order valence-corrected chi connectivity index (χ3v) is 6.36. The molecule has 164 valence electrons. The minimum Gasteiger partial charge on any atom is -0.495 e. The predicted octanol–water partition coefficient (Wildman–Crippen LogP) is 5.46. The fourth-order valence-corrected chi connectivity index (χ4v) is 4.54. The Bertz CT molecular complexity index is 1410. The van der Waals surface area contributed by atoms with E-state index in [2.05, 4.69) is 10.0 Å². The van der Waals surface area contributed by atoms with Gasteiger partial charge in [0.15, 0.2) is 5.76 Å². The summed E-state index contributed by atoms with van der Waals surface area (Å²) in [6, 6.07) is 17.8. The van der Waals surface area contributed by atoms with E-state index in [1.807, 2.05) is 19.1 Å². The molecule has 1 aromatic heterocycles. The standard InChI is InChI=1S/C23H19ClN2O5S/c1-14-3-9-19-15(11-14)12-21(31-19)23(27)25-18-8-10-20(30-2)22(13-18)32(28,29)26-17-6-4-16(24)5-7-17/h3-13,26H,1-2H3,(H,25,27). The lowest BCUT2D eigenvalue weighted by Gasteiger charge is -2.13. The lowest BCUT2D eigenvalue weighted by Crippen LogP contribution is -2.16. The highest BCUT2D eigenvalue weighted by Gasteiger charge is 2.22. The van der Waals surface area contributed by atoms with Gasteiger partial charge in [-0.2, -0.15) is 0 Å². The number of sulfonamides is 1. The molecule has 0 aliphatic rings. The van der Waals surface area contributed by atoms with Crippen LogP contribution in [-0.4, -0.2) is 21.4 Å². The number of hydrogen-bond acceptors (Lipinski definition) is 5. The summed E-state index contributed by atoms with van der Waals surface area (Å²) in [5.74, 6) is -0.258. The second-order valence-electron chi connectivity index (χ2n) is 7.08. The van der Waals surface area contributed by atoms with E-state index in [1.165, 1.54) is 19.2 Å². The number of halogens is 1. The molecule has 0 radical (unpaired) electrons. The zero-order valence-electron chi connectivity index (χ0n) is 17.2. The van der Waals surface area contributed by atoms with Crippen LogP contribution in [0.25, 0.3) is 11.0 Å². The number of rotatable bonds is 6. The van der Waals surface area contributed by atoms with Crippen molar-refractivity contribution in [1.29, 1.82) is 0 Å². The summed E-state index contributed by atoms with van der Waals surface area (Å²) < 4.78 is 39.2. The summed E-state index contributed by atoms with van der Waals surface area (Å²) in [4.78, 5) is 12.6. The second-order valence-corrected chi connectivity index (χ2v) is 9.17. The number of ether oxygens (including phenoxy) is 1. The number of benzene rings is 3. The summed E-state index contributed by atoms with van der Waals surface area (Å²) in [5, 5.41) is 3.96. The molecule has 4 aromatic rings. The molecule has 0 aliphatic carbocycles. The van der Waals surface area contributed by atoms with Crippen LogP contribution in [0.15, 0.2) is 76.0 Å². The van der Waals surface area contributed by atoms with Gasteiger partial charge in [0.2, 0.25) is 0 Å². The molecule has 1 heterocycles. The first-order chi connectivity index (χ1) is 15.2. The van der Waals surface area contributed by atoms with Gasteiger partial charge < -0.3 is 14.5 Å². The SMILES string of the molecule is COc1ccc(NC(=O)c2cc3cc(C)ccc3o2)cc1S(=O)(=O)Nc1ccc(Cl)cc1. The molecule has 2 N–H and O–H groups in total. The van der Waals surface area contributed by atoms with Gasteiger partial charge in [-0.15, -0.1) is 0 Å². The van der Waals surface area contributed by atoms with Crippen molar-refractivity contribution in [3.05, 3.63) is 83.1 Å². The maximum absolute atomic E-state index is 13.0. The number of anilines is 2. The molecule has 9 heteroatoms. The summed E-state index contributed by atoms with van der Waals surface area (Å²) >= 11 is 5.86. The molecule has 1 amide bonds. The highest BCUT2D eigenvalue weighted by molar-refractivity contribution is 7.92. The summed E-state index contributed by atoms with van der Waals surface area (Å²) in [6.45, 7) is 1.95. The smallest absolute Gasteiger partial charge is 0.291 e. The number of furan rings is 1. The molecule has 0 saturated heterocycles.